The van der Waals surface area contributed by atoms with Crippen molar-refractivity contribution in [2.24, 2.45) is 0 Å². The Bertz CT molecular complexity index is 733. The van der Waals surface area contributed by atoms with Gasteiger partial charge in [0.1, 0.15) is 11.6 Å². The summed E-state index contributed by atoms with van der Waals surface area (Å²) in [6.07, 6.45) is -1.15. The number of likely N-dealkylation sites (N-methyl/N-ethyl adjacent to an activating group) is 1. The van der Waals surface area contributed by atoms with Crippen molar-refractivity contribution in [3.05, 3.63) is 65.7 Å². The van der Waals surface area contributed by atoms with E-state index in [-0.39, 0.29) is 18.7 Å². The third-order valence-electron chi connectivity index (χ3n) is 3.51. The summed E-state index contributed by atoms with van der Waals surface area (Å²) in [6.45, 7) is -0.307. The Labute approximate surface area is 143 Å². The second-order valence-corrected chi connectivity index (χ2v) is 5.59. The summed E-state index contributed by atoms with van der Waals surface area (Å²) < 4.78 is 26.2. The standard InChI is InChI=1S/C18H18F2N2O3/c1-22(18(25)10-16(23)12-5-3-2-4-6-12)11-17(24)21-15-8-13(19)7-14(20)9-15/h2-9,16,23H,10-11H2,1H3,(H,21,24). The van der Waals surface area contributed by atoms with Gasteiger partial charge in [0.2, 0.25) is 11.8 Å². The van der Waals surface area contributed by atoms with E-state index in [4.69, 9.17) is 0 Å². The molecule has 2 amide bonds. The Morgan fingerprint density at radius 2 is 1.72 bits per heavy atom. The van der Waals surface area contributed by atoms with E-state index in [1.807, 2.05) is 0 Å². The van der Waals surface area contributed by atoms with Crippen molar-refractivity contribution in [3.63, 3.8) is 0 Å². The van der Waals surface area contributed by atoms with Gasteiger partial charge >= 0.3 is 0 Å². The van der Waals surface area contributed by atoms with Crippen molar-refractivity contribution >= 4 is 17.5 Å². The molecule has 25 heavy (non-hydrogen) atoms. The number of amides is 2. The van der Waals surface area contributed by atoms with Crippen molar-refractivity contribution in [1.29, 1.82) is 0 Å². The molecule has 0 spiro atoms. The highest BCUT2D eigenvalue weighted by molar-refractivity contribution is 5.94. The molecule has 0 aliphatic carbocycles. The van der Waals surface area contributed by atoms with Crippen LogP contribution >= 0.6 is 0 Å². The molecule has 7 heteroatoms. The molecule has 0 saturated carbocycles. The van der Waals surface area contributed by atoms with Crippen molar-refractivity contribution in [1.82, 2.24) is 4.90 Å². The lowest BCUT2D eigenvalue weighted by Gasteiger charge is -2.19. The molecular formula is C18H18F2N2O3. The molecule has 0 bridgehead atoms. The topological polar surface area (TPSA) is 69.6 Å². The number of rotatable bonds is 6. The first-order chi connectivity index (χ1) is 11.8. The minimum absolute atomic E-state index is 0.0346. The Morgan fingerprint density at radius 1 is 1.12 bits per heavy atom. The average molecular weight is 348 g/mol. The van der Waals surface area contributed by atoms with Crippen LogP contribution < -0.4 is 5.32 Å². The lowest BCUT2D eigenvalue weighted by Crippen LogP contribution is -2.35. The van der Waals surface area contributed by atoms with E-state index in [2.05, 4.69) is 5.32 Å². The Kier molecular flexibility index (Phi) is 6.19. The number of nitrogens with zero attached hydrogens (tertiary/aromatic N) is 1. The molecule has 0 aliphatic heterocycles. The van der Waals surface area contributed by atoms with Gasteiger partial charge in [-0.2, -0.15) is 0 Å². The molecule has 0 fully saturated rings. The summed E-state index contributed by atoms with van der Waals surface area (Å²) in [5.41, 5.74) is 0.566. The number of benzene rings is 2. The summed E-state index contributed by atoms with van der Waals surface area (Å²) in [5.74, 6) is -2.66. The molecule has 2 aromatic rings. The SMILES string of the molecule is CN(CC(=O)Nc1cc(F)cc(F)c1)C(=O)CC(O)c1ccccc1. The molecule has 0 radical (unpaired) electrons. The van der Waals surface area contributed by atoms with Crippen LogP contribution in [0.25, 0.3) is 0 Å². The smallest absolute Gasteiger partial charge is 0.243 e. The number of carbonyl (C=O) groups excluding carboxylic acids is 2. The number of carbonyl (C=O) groups is 2. The summed E-state index contributed by atoms with van der Waals surface area (Å²) >= 11 is 0. The number of aliphatic hydroxyl groups is 1. The molecule has 1 unspecified atom stereocenters. The quantitative estimate of drug-likeness (QED) is 0.843. The van der Waals surface area contributed by atoms with E-state index in [1.165, 1.54) is 7.05 Å². The molecule has 2 N–H and O–H groups in total. The van der Waals surface area contributed by atoms with Gasteiger partial charge in [-0.15, -0.1) is 0 Å². The minimum Gasteiger partial charge on any atom is -0.388 e. The van der Waals surface area contributed by atoms with Crippen molar-refractivity contribution in [2.45, 2.75) is 12.5 Å². The van der Waals surface area contributed by atoms with E-state index < -0.39 is 29.6 Å². The van der Waals surface area contributed by atoms with E-state index >= 15 is 0 Å². The van der Waals surface area contributed by atoms with Gasteiger partial charge in [0, 0.05) is 18.8 Å². The van der Waals surface area contributed by atoms with Crippen LogP contribution in [0.1, 0.15) is 18.1 Å². The van der Waals surface area contributed by atoms with Gasteiger partial charge in [-0.25, -0.2) is 8.78 Å². The van der Waals surface area contributed by atoms with Crippen LogP contribution in [0.5, 0.6) is 0 Å². The zero-order chi connectivity index (χ0) is 18.4. The largest absolute Gasteiger partial charge is 0.388 e. The van der Waals surface area contributed by atoms with Gasteiger partial charge in [-0.3, -0.25) is 9.59 Å². The number of halogens is 2. The van der Waals surface area contributed by atoms with Gasteiger partial charge in [0.15, 0.2) is 0 Å². The van der Waals surface area contributed by atoms with Crippen LogP contribution in [-0.4, -0.2) is 35.4 Å². The maximum Gasteiger partial charge on any atom is 0.243 e. The summed E-state index contributed by atoms with van der Waals surface area (Å²) in [5, 5.41) is 12.4. The molecule has 2 rings (SSSR count). The fourth-order valence-corrected chi connectivity index (χ4v) is 2.24. The molecular weight excluding hydrogens is 330 g/mol. The van der Waals surface area contributed by atoms with Crippen LogP contribution in [0.4, 0.5) is 14.5 Å². The summed E-state index contributed by atoms with van der Waals surface area (Å²) in [7, 11) is 1.41. The van der Waals surface area contributed by atoms with E-state index in [0.29, 0.717) is 11.6 Å². The predicted molar refractivity (Wildman–Crippen MR) is 88.6 cm³/mol. The Morgan fingerprint density at radius 3 is 2.32 bits per heavy atom. The van der Waals surface area contributed by atoms with Crippen LogP contribution in [0.3, 0.4) is 0 Å². The third kappa shape index (κ3) is 5.65. The number of hydrogen-bond acceptors (Lipinski definition) is 3. The lowest BCUT2D eigenvalue weighted by atomic mass is 10.1. The molecule has 0 aliphatic rings. The maximum absolute atomic E-state index is 13.1. The fraction of sp³-hybridized carbons (Fsp3) is 0.222. The monoisotopic (exact) mass is 348 g/mol. The molecule has 1 atom stereocenters. The van der Waals surface area contributed by atoms with E-state index in [9.17, 15) is 23.5 Å². The highest BCUT2D eigenvalue weighted by atomic mass is 19.1. The molecule has 132 valence electrons. The van der Waals surface area contributed by atoms with Crippen LogP contribution in [0, 0.1) is 11.6 Å². The first-order valence-corrected chi connectivity index (χ1v) is 7.58. The molecule has 2 aromatic carbocycles. The van der Waals surface area contributed by atoms with Gasteiger partial charge in [0.25, 0.3) is 0 Å². The lowest BCUT2D eigenvalue weighted by molar-refractivity contribution is -0.135. The third-order valence-corrected chi connectivity index (χ3v) is 3.51. The van der Waals surface area contributed by atoms with E-state index in [0.717, 1.165) is 17.0 Å². The molecule has 0 aromatic heterocycles. The predicted octanol–water partition coefficient (Wildman–Crippen LogP) is 2.49. The van der Waals surface area contributed by atoms with Gasteiger partial charge in [0.05, 0.1) is 19.1 Å². The maximum atomic E-state index is 13.1. The number of nitrogens with one attached hydrogen (secondary N) is 1. The molecule has 0 saturated heterocycles. The highest BCUT2D eigenvalue weighted by Gasteiger charge is 2.18. The minimum atomic E-state index is -0.975. The van der Waals surface area contributed by atoms with Crippen LogP contribution in [0.15, 0.2) is 48.5 Å². The van der Waals surface area contributed by atoms with Crippen molar-refractivity contribution < 1.29 is 23.5 Å². The Balaban J connectivity index is 1.88. The molecule has 0 heterocycles. The van der Waals surface area contributed by atoms with Crippen molar-refractivity contribution in [2.75, 3.05) is 18.9 Å². The van der Waals surface area contributed by atoms with E-state index in [1.54, 1.807) is 30.3 Å². The van der Waals surface area contributed by atoms with Gasteiger partial charge < -0.3 is 15.3 Å². The number of hydrogen-bond donors (Lipinski definition) is 2. The zero-order valence-electron chi connectivity index (χ0n) is 13.6. The number of aliphatic hydroxyl groups excluding tert-OH is 1. The van der Waals surface area contributed by atoms with Gasteiger partial charge in [-0.05, 0) is 17.7 Å². The average Bonchev–Trinajstić information content (AvgIpc) is 2.54. The Hall–Kier alpha value is -2.80. The van der Waals surface area contributed by atoms with Crippen LogP contribution in [-0.2, 0) is 9.59 Å². The summed E-state index contributed by atoms with van der Waals surface area (Å²) in [4.78, 5) is 25.1. The second-order valence-electron chi connectivity index (χ2n) is 5.59. The first-order valence-electron chi connectivity index (χ1n) is 7.58. The van der Waals surface area contributed by atoms with Crippen LogP contribution in [0.2, 0.25) is 0 Å². The first kappa shape index (κ1) is 18.5. The fourth-order valence-electron chi connectivity index (χ4n) is 2.24. The number of anilines is 1. The summed E-state index contributed by atoms with van der Waals surface area (Å²) in [6, 6.07) is 11.3. The second kappa shape index (κ2) is 8.34. The van der Waals surface area contributed by atoms with Gasteiger partial charge in [-0.1, -0.05) is 30.3 Å². The zero-order valence-corrected chi connectivity index (χ0v) is 13.6. The highest BCUT2D eigenvalue weighted by Crippen LogP contribution is 2.17. The molecule has 5 nitrogen and oxygen atoms in total. The normalized spacial score (nSPS) is 11.7. The van der Waals surface area contributed by atoms with Crippen molar-refractivity contribution in [3.8, 4) is 0 Å².